The molecule has 0 fully saturated rings. The molecule has 2 aromatic heterocycles. The zero-order valence-corrected chi connectivity index (χ0v) is 33.1. The number of para-hydroxylation sites is 2. The Balaban J connectivity index is 1.08. The highest BCUT2D eigenvalue weighted by Gasteiger charge is 2.36. The Kier molecular flexibility index (Phi) is 7.18. The predicted molar refractivity (Wildman–Crippen MR) is 249 cm³/mol. The van der Waals surface area contributed by atoms with Gasteiger partial charge in [0.25, 0.3) is 0 Å². The van der Waals surface area contributed by atoms with Crippen LogP contribution in [0.2, 0.25) is 0 Å². The molecule has 0 amide bonds. The second-order valence-electron chi connectivity index (χ2n) is 16.1. The van der Waals surface area contributed by atoms with Crippen LogP contribution in [0.4, 0.5) is 17.1 Å². The van der Waals surface area contributed by atoms with Gasteiger partial charge in [-0.15, -0.1) is 11.3 Å². The average Bonchev–Trinajstić information content (AvgIpc) is 3.90. The highest BCUT2D eigenvalue weighted by molar-refractivity contribution is 7.27. The van der Waals surface area contributed by atoms with E-state index < -0.39 is 0 Å². The van der Waals surface area contributed by atoms with E-state index in [9.17, 15) is 0 Å². The summed E-state index contributed by atoms with van der Waals surface area (Å²) in [6.07, 6.45) is 0. The summed E-state index contributed by atoms with van der Waals surface area (Å²) < 4.78 is 5.01. The third-order valence-corrected chi connectivity index (χ3v) is 13.9. The lowest BCUT2D eigenvalue weighted by atomic mass is 9.82. The Morgan fingerprint density at radius 2 is 1.10 bits per heavy atom. The van der Waals surface area contributed by atoms with Crippen molar-refractivity contribution in [3.05, 3.63) is 205 Å². The fraction of sp³-hybridized carbons (Fsp3) is 0.0545. The first kappa shape index (κ1) is 33.2. The number of fused-ring (bicyclic) bond motifs is 11. The van der Waals surface area contributed by atoms with Crippen molar-refractivity contribution < 1.29 is 0 Å². The fourth-order valence-corrected chi connectivity index (χ4v) is 11.2. The van der Waals surface area contributed by atoms with E-state index >= 15 is 0 Å². The number of aromatic nitrogens is 1. The molecule has 0 spiro atoms. The van der Waals surface area contributed by atoms with Crippen LogP contribution in [0.25, 0.3) is 80.7 Å². The van der Waals surface area contributed by atoms with E-state index in [1.807, 2.05) is 11.3 Å². The molecule has 0 saturated heterocycles. The van der Waals surface area contributed by atoms with E-state index in [0.717, 1.165) is 17.1 Å². The number of rotatable bonds is 5. The maximum absolute atomic E-state index is 2.48. The average molecular weight is 759 g/mol. The molecule has 2 heterocycles. The zero-order valence-electron chi connectivity index (χ0n) is 32.3. The molecule has 0 bridgehead atoms. The quantitative estimate of drug-likeness (QED) is 0.170. The second kappa shape index (κ2) is 12.5. The molecule has 0 saturated carbocycles. The molecule has 0 radical (unpaired) electrons. The number of thiophene rings is 1. The lowest BCUT2D eigenvalue weighted by Gasteiger charge is -2.27. The molecule has 12 rings (SSSR count). The van der Waals surface area contributed by atoms with Gasteiger partial charge in [0.1, 0.15) is 0 Å². The smallest absolute Gasteiger partial charge is 0.0640 e. The van der Waals surface area contributed by atoms with Crippen LogP contribution in [0.15, 0.2) is 194 Å². The molecule has 0 unspecified atom stereocenters. The molecule has 0 aliphatic heterocycles. The maximum atomic E-state index is 2.48. The van der Waals surface area contributed by atoms with Gasteiger partial charge in [-0.05, 0) is 98.8 Å². The number of hydrogen-bond acceptors (Lipinski definition) is 2. The van der Waals surface area contributed by atoms with Crippen molar-refractivity contribution in [3.63, 3.8) is 0 Å². The topological polar surface area (TPSA) is 8.17 Å². The molecule has 1 aliphatic rings. The fourth-order valence-electron chi connectivity index (χ4n) is 9.86. The van der Waals surface area contributed by atoms with Crippen LogP contribution in [-0.2, 0) is 5.41 Å². The molecular weight excluding hydrogens is 721 g/mol. The minimum atomic E-state index is -0.0464. The highest BCUT2D eigenvalue weighted by Crippen LogP contribution is 2.53. The SMILES string of the molecule is CC1(C)c2ccccc2-c2c(-c3ccc(N(c4ccc5c(c4)c4ccccc4n5-c4ccccc4)c4cccc5c4sc4c6ccccc6ccc54)cc3)cccc21. The Labute approximate surface area is 341 Å². The highest BCUT2D eigenvalue weighted by atomic mass is 32.1. The molecule has 1 aliphatic carbocycles. The van der Waals surface area contributed by atoms with Gasteiger partial charge in [0.05, 0.1) is 21.4 Å². The number of hydrogen-bond donors (Lipinski definition) is 0. The van der Waals surface area contributed by atoms with Gasteiger partial charge in [-0.25, -0.2) is 0 Å². The first-order valence-electron chi connectivity index (χ1n) is 20.1. The Bertz CT molecular complexity index is 3420. The van der Waals surface area contributed by atoms with E-state index in [0.29, 0.717) is 0 Å². The van der Waals surface area contributed by atoms with Crippen LogP contribution < -0.4 is 4.90 Å². The lowest BCUT2D eigenvalue weighted by molar-refractivity contribution is 0.660. The molecule has 11 aromatic rings. The first-order valence-corrected chi connectivity index (χ1v) is 20.9. The summed E-state index contributed by atoms with van der Waals surface area (Å²) >= 11 is 1.90. The van der Waals surface area contributed by atoms with Gasteiger partial charge in [0, 0.05) is 48.7 Å². The van der Waals surface area contributed by atoms with E-state index in [2.05, 4.69) is 217 Å². The Morgan fingerprint density at radius 1 is 0.448 bits per heavy atom. The molecule has 3 heteroatoms. The van der Waals surface area contributed by atoms with Crippen LogP contribution in [0.3, 0.4) is 0 Å². The van der Waals surface area contributed by atoms with E-state index in [4.69, 9.17) is 0 Å². The van der Waals surface area contributed by atoms with Crippen molar-refractivity contribution in [2.45, 2.75) is 19.3 Å². The van der Waals surface area contributed by atoms with E-state index in [1.54, 1.807) is 0 Å². The second-order valence-corrected chi connectivity index (χ2v) is 17.1. The van der Waals surface area contributed by atoms with Crippen molar-refractivity contribution in [2.24, 2.45) is 0 Å². The Morgan fingerprint density at radius 3 is 1.98 bits per heavy atom. The van der Waals surface area contributed by atoms with Crippen molar-refractivity contribution in [1.29, 1.82) is 0 Å². The predicted octanol–water partition coefficient (Wildman–Crippen LogP) is 15.7. The largest absolute Gasteiger partial charge is 0.309 e. The van der Waals surface area contributed by atoms with Gasteiger partial charge in [0.2, 0.25) is 0 Å². The standard InChI is InChI=1S/C55H38N2S/c1-55(2)47-22-10-8-19-45(47)52-40(20-12-23-48(52)55)36-26-29-38(30-27-36)56(51-25-13-21-43-44-32-28-35-14-6-7-17-41(35)53(44)58-54(43)51)39-31-33-50-46(34-39)42-18-9-11-24-49(42)57(50)37-15-4-3-5-16-37/h3-34H,1-2H3. The van der Waals surface area contributed by atoms with Crippen molar-refractivity contribution in [3.8, 4) is 27.9 Å². The number of nitrogens with zero attached hydrogens (tertiary/aromatic N) is 2. The molecule has 0 atom stereocenters. The molecule has 274 valence electrons. The van der Waals surface area contributed by atoms with Crippen LogP contribution >= 0.6 is 11.3 Å². The summed E-state index contributed by atoms with van der Waals surface area (Å²) in [6.45, 7) is 4.71. The minimum Gasteiger partial charge on any atom is -0.309 e. The third-order valence-electron chi connectivity index (χ3n) is 12.6. The molecule has 2 nitrogen and oxygen atoms in total. The van der Waals surface area contributed by atoms with Crippen LogP contribution in [0.1, 0.15) is 25.0 Å². The van der Waals surface area contributed by atoms with Crippen LogP contribution in [0.5, 0.6) is 0 Å². The summed E-state index contributed by atoms with van der Waals surface area (Å²) in [5.41, 5.74) is 14.9. The van der Waals surface area contributed by atoms with E-state index in [-0.39, 0.29) is 5.41 Å². The van der Waals surface area contributed by atoms with Gasteiger partial charge >= 0.3 is 0 Å². The zero-order chi connectivity index (χ0) is 38.5. The van der Waals surface area contributed by atoms with Crippen LogP contribution in [0, 0.1) is 0 Å². The molecule has 0 N–H and O–H groups in total. The number of anilines is 3. The summed E-state index contributed by atoms with van der Waals surface area (Å²) in [5, 5.41) is 7.64. The summed E-state index contributed by atoms with van der Waals surface area (Å²) in [4.78, 5) is 2.48. The monoisotopic (exact) mass is 758 g/mol. The normalized spacial score (nSPS) is 13.1. The van der Waals surface area contributed by atoms with Gasteiger partial charge in [-0.3, -0.25) is 0 Å². The third kappa shape index (κ3) is 4.77. The minimum absolute atomic E-state index is 0.0464. The van der Waals surface area contributed by atoms with E-state index in [1.165, 1.54) is 91.8 Å². The Hall–Kier alpha value is -6.94. The van der Waals surface area contributed by atoms with Gasteiger partial charge < -0.3 is 9.47 Å². The van der Waals surface area contributed by atoms with Crippen LogP contribution in [-0.4, -0.2) is 4.57 Å². The summed E-state index contributed by atoms with van der Waals surface area (Å²) in [6, 6.07) is 71.7. The number of benzene rings is 9. The van der Waals surface area contributed by atoms with Crippen molar-refractivity contribution in [2.75, 3.05) is 4.90 Å². The summed E-state index contributed by atoms with van der Waals surface area (Å²) in [7, 11) is 0. The van der Waals surface area contributed by atoms with Gasteiger partial charge in [-0.2, -0.15) is 0 Å². The van der Waals surface area contributed by atoms with Crippen molar-refractivity contribution in [1.82, 2.24) is 4.57 Å². The summed E-state index contributed by atoms with van der Waals surface area (Å²) in [5.74, 6) is 0. The maximum Gasteiger partial charge on any atom is 0.0640 e. The molecular formula is C55H38N2S. The van der Waals surface area contributed by atoms with Gasteiger partial charge in [-0.1, -0.05) is 153 Å². The first-order chi connectivity index (χ1) is 28.5. The molecule has 9 aromatic carbocycles. The van der Waals surface area contributed by atoms with Crippen molar-refractivity contribution >= 4 is 81.1 Å². The lowest BCUT2D eigenvalue weighted by Crippen LogP contribution is -2.14. The molecule has 58 heavy (non-hydrogen) atoms. The van der Waals surface area contributed by atoms with Gasteiger partial charge in [0.15, 0.2) is 0 Å².